The van der Waals surface area contributed by atoms with Crippen LogP contribution in [0.2, 0.25) is 0 Å². The summed E-state index contributed by atoms with van der Waals surface area (Å²) in [4.78, 5) is 5.28. The number of aromatic nitrogens is 1. The Morgan fingerprint density at radius 1 is 1.45 bits per heavy atom. The van der Waals surface area contributed by atoms with Crippen molar-refractivity contribution < 1.29 is 8.42 Å². The molecule has 2 rings (SSSR count). The summed E-state index contributed by atoms with van der Waals surface area (Å²) in [6, 6.07) is 6.38. The smallest absolute Gasteiger partial charge is 0.241 e. The van der Waals surface area contributed by atoms with E-state index in [4.69, 9.17) is 18.0 Å². The summed E-state index contributed by atoms with van der Waals surface area (Å²) in [7, 11) is -3.68. The molecule has 5 nitrogen and oxygen atoms in total. The Bertz CT molecular complexity index is 738. The van der Waals surface area contributed by atoms with Crippen LogP contribution in [0.25, 0.3) is 0 Å². The predicted molar refractivity (Wildman–Crippen MR) is 83.2 cm³/mol. The van der Waals surface area contributed by atoms with E-state index < -0.39 is 10.0 Å². The van der Waals surface area contributed by atoms with E-state index in [1.54, 1.807) is 24.4 Å². The van der Waals surface area contributed by atoms with Gasteiger partial charge in [0.1, 0.15) is 10.00 Å². The van der Waals surface area contributed by atoms with Crippen molar-refractivity contribution in [1.82, 2.24) is 9.71 Å². The third kappa shape index (κ3) is 3.40. The Kier molecular flexibility index (Phi) is 4.48. The number of thiazole rings is 1. The molecule has 0 unspecified atom stereocenters. The second-order valence-electron chi connectivity index (χ2n) is 4.05. The van der Waals surface area contributed by atoms with Crippen LogP contribution in [0.3, 0.4) is 0 Å². The van der Waals surface area contributed by atoms with Crippen LogP contribution in [0.1, 0.15) is 15.4 Å². The fourth-order valence-corrected chi connectivity index (χ4v) is 3.89. The number of nitrogens with zero attached hydrogens (tertiary/aromatic N) is 1. The number of sulfonamides is 1. The molecule has 1 aromatic heterocycles. The summed E-state index contributed by atoms with van der Waals surface area (Å²) in [5.74, 6) is 0. The van der Waals surface area contributed by atoms with Gasteiger partial charge in [0.2, 0.25) is 10.0 Å². The minimum Gasteiger partial charge on any atom is -0.389 e. The molecule has 0 amide bonds. The Labute approximate surface area is 126 Å². The molecule has 0 radical (unpaired) electrons. The molecule has 0 spiro atoms. The van der Waals surface area contributed by atoms with Gasteiger partial charge in [-0.2, -0.15) is 0 Å². The molecular weight excluding hydrogens is 314 g/mol. The normalized spacial score (nSPS) is 11.4. The van der Waals surface area contributed by atoms with Crippen molar-refractivity contribution in [3.8, 4) is 0 Å². The van der Waals surface area contributed by atoms with Gasteiger partial charge in [0.15, 0.2) is 0 Å². The van der Waals surface area contributed by atoms with Crippen LogP contribution in [0.15, 0.2) is 35.4 Å². The van der Waals surface area contributed by atoms with E-state index in [9.17, 15) is 8.42 Å². The van der Waals surface area contributed by atoms with E-state index in [0.717, 1.165) is 4.88 Å². The average Bonchev–Trinajstić information content (AvgIpc) is 2.82. The molecule has 106 valence electrons. The molecule has 0 fully saturated rings. The third-order valence-corrected chi connectivity index (χ3v) is 5.12. The molecule has 0 atom stereocenters. The minimum absolute atomic E-state index is 0.0519. The van der Waals surface area contributed by atoms with E-state index in [2.05, 4.69) is 9.71 Å². The lowest BCUT2D eigenvalue weighted by molar-refractivity contribution is 0.581. The number of hydrogen-bond acceptors (Lipinski definition) is 5. The molecule has 3 N–H and O–H groups in total. The Hall–Kier alpha value is -1.35. The lowest BCUT2D eigenvalue weighted by Gasteiger charge is -2.09. The molecule has 1 aromatic carbocycles. The number of hydrogen-bond donors (Lipinski definition) is 2. The van der Waals surface area contributed by atoms with Crippen molar-refractivity contribution in [2.75, 3.05) is 0 Å². The molecular formula is C12H13N3O2S3. The highest BCUT2D eigenvalue weighted by molar-refractivity contribution is 7.89. The van der Waals surface area contributed by atoms with Gasteiger partial charge in [-0.1, -0.05) is 30.4 Å². The highest BCUT2D eigenvalue weighted by Crippen LogP contribution is 2.17. The van der Waals surface area contributed by atoms with Gasteiger partial charge in [-0.15, -0.1) is 11.3 Å². The van der Waals surface area contributed by atoms with Crippen molar-refractivity contribution in [3.63, 3.8) is 0 Å². The van der Waals surface area contributed by atoms with Crippen LogP contribution in [-0.4, -0.2) is 18.4 Å². The van der Waals surface area contributed by atoms with Gasteiger partial charge in [-0.05, 0) is 13.0 Å². The van der Waals surface area contributed by atoms with Crippen molar-refractivity contribution >= 4 is 38.6 Å². The molecule has 0 aliphatic heterocycles. The maximum atomic E-state index is 12.3. The zero-order chi connectivity index (χ0) is 14.8. The molecule has 1 heterocycles. The van der Waals surface area contributed by atoms with Gasteiger partial charge in [-0.25, -0.2) is 18.1 Å². The number of benzene rings is 1. The predicted octanol–water partition coefficient (Wildman–Crippen LogP) is 1.56. The lowest BCUT2D eigenvalue weighted by Crippen LogP contribution is -2.26. The summed E-state index contributed by atoms with van der Waals surface area (Å²) in [6.45, 7) is 2.06. The number of thiocarbonyl (C=S) groups is 1. The summed E-state index contributed by atoms with van der Waals surface area (Å²) >= 11 is 6.32. The van der Waals surface area contributed by atoms with Gasteiger partial charge in [0.25, 0.3) is 0 Å². The maximum Gasteiger partial charge on any atom is 0.241 e. The number of aryl methyl sites for hydroxylation is 1. The first-order valence-corrected chi connectivity index (χ1v) is 8.41. The maximum absolute atomic E-state index is 12.3. The van der Waals surface area contributed by atoms with Gasteiger partial charge < -0.3 is 5.73 Å². The summed E-state index contributed by atoms with van der Waals surface area (Å²) in [5, 5.41) is 0.707. The molecule has 0 saturated carbocycles. The zero-order valence-corrected chi connectivity index (χ0v) is 13.1. The van der Waals surface area contributed by atoms with Crippen LogP contribution in [0, 0.1) is 6.92 Å². The standard InChI is InChI=1S/C12H13N3O2S3/c1-8-6-14-11(19-8)7-15-20(16,17)10-5-3-2-4-9(10)12(13)18/h2-6,15H,7H2,1H3,(H2,13,18). The van der Waals surface area contributed by atoms with Gasteiger partial charge in [-0.3, -0.25) is 0 Å². The second kappa shape index (κ2) is 5.96. The van der Waals surface area contributed by atoms with Crippen LogP contribution >= 0.6 is 23.6 Å². The minimum atomic E-state index is -3.68. The molecule has 0 aliphatic rings. The zero-order valence-electron chi connectivity index (χ0n) is 10.7. The van der Waals surface area contributed by atoms with E-state index in [-0.39, 0.29) is 16.4 Å². The van der Waals surface area contributed by atoms with E-state index >= 15 is 0 Å². The average molecular weight is 327 g/mol. The van der Waals surface area contributed by atoms with Crippen molar-refractivity contribution in [1.29, 1.82) is 0 Å². The number of nitrogens with two attached hydrogens (primary N) is 1. The molecule has 0 saturated heterocycles. The Balaban J connectivity index is 2.25. The van der Waals surface area contributed by atoms with Crippen molar-refractivity contribution in [2.24, 2.45) is 5.73 Å². The summed E-state index contributed by atoms with van der Waals surface area (Å²) < 4.78 is 27.1. The SMILES string of the molecule is Cc1cnc(CNS(=O)(=O)c2ccccc2C(N)=S)s1. The Morgan fingerprint density at radius 3 is 2.75 bits per heavy atom. The van der Waals surface area contributed by atoms with Gasteiger partial charge in [0, 0.05) is 16.6 Å². The first-order valence-electron chi connectivity index (χ1n) is 5.70. The molecule has 8 heteroatoms. The molecule has 0 aliphatic carbocycles. The Morgan fingerprint density at radius 2 is 2.15 bits per heavy atom. The number of rotatable bonds is 5. The highest BCUT2D eigenvalue weighted by Gasteiger charge is 2.19. The lowest BCUT2D eigenvalue weighted by atomic mass is 10.2. The second-order valence-corrected chi connectivity index (χ2v) is 7.54. The summed E-state index contributed by atoms with van der Waals surface area (Å²) in [6.07, 6.45) is 1.71. The molecule has 2 aromatic rings. The monoisotopic (exact) mass is 327 g/mol. The summed E-state index contributed by atoms with van der Waals surface area (Å²) in [5.41, 5.74) is 5.89. The fourth-order valence-electron chi connectivity index (χ4n) is 1.62. The number of nitrogens with one attached hydrogen (secondary N) is 1. The van der Waals surface area contributed by atoms with Gasteiger partial charge in [0.05, 0.1) is 11.4 Å². The van der Waals surface area contributed by atoms with Crippen molar-refractivity contribution in [3.05, 3.63) is 45.9 Å². The highest BCUT2D eigenvalue weighted by atomic mass is 32.2. The van der Waals surface area contributed by atoms with Gasteiger partial charge >= 0.3 is 0 Å². The first kappa shape index (κ1) is 15.0. The van der Waals surface area contributed by atoms with E-state index in [1.807, 2.05) is 6.92 Å². The topological polar surface area (TPSA) is 85.1 Å². The largest absolute Gasteiger partial charge is 0.389 e. The van der Waals surface area contributed by atoms with E-state index in [0.29, 0.717) is 10.6 Å². The fraction of sp³-hybridized carbons (Fsp3) is 0.167. The molecule has 20 heavy (non-hydrogen) atoms. The van der Waals surface area contributed by atoms with Crippen LogP contribution in [0.4, 0.5) is 0 Å². The molecule has 0 bridgehead atoms. The van der Waals surface area contributed by atoms with Crippen molar-refractivity contribution in [2.45, 2.75) is 18.4 Å². The van der Waals surface area contributed by atoms with Crippen LogP contribution < -0.4 is 10.5 Å². The van der Waals surface area contributed by atoms with Crippen LogP contribution in [0.5, 0.6) is 0 Å². The quantitative estimate of drug-likeness (QED) is 0.814. The third-order valence-electron chi connectivity index (χ3n) is 2.52. The van der Waals surface area contributed by atoms with E-state index in [1.165, 1.54) is 17.4 Å². The first-order chi connectivity index (χ1) is 9.40. The van der Waals surface area contributed by atoms with Crippen LogP contribution in [-0.2, 0) is 16.6 Å².